The Morgan fingerprint density at radius 3 is 2.57 bits per heavy atom. The van der Waals surface area contributed by atoms with Gasteiger partial charge in [-0.1, -0.05) is 36.4 Å². The van der Waals surface area contributed by atoms with Crippen LogP contribution in [0.5, 0.6) is 0 Å². The van der Waals surface area contributed by atoms with Gasteiger partial charge in [0, 0.05) is 4.90 Å². The Balaban J connectivity index is 2.42. The molecular formula is C13H11S. The first-order valence-electron chi connectivity index (χ1n) is 4.51. The third-order valence-corrected chi connectivity index (χ3v) is 2.82. The summed E-state index contributed by atoms with van der Waals surface area (Å²) in [4.78, 5) is 1.28. The minimum Gasteiger partial charge on any atom is -0.130 e. The SMILES string of the molecule is CSc1cc[c]c(-c2ccccc2)c1. The van der Waals surface area contributed by atoms with Crippen LogP contribution in [0.2, 0.25) is 0 Å². The Morgan fingerprint density at radius 1 is 1.07 bits per heavy atom. The van der Waals surface area contributed by atoms with Crippen LogP contribution in [-0.2, 0) is 0 Å². The molecule has 1 heteroatoms. The van der Waals surface area contributed by atoms with Gasteiger partial charge in [0.25, 0.3) is 0 Å². The van der Waals surface area contributed by atoms with Crippen molar-refractivity contribution in [3.63, 3.8) is 0 Å². The molecule has 0 aliphatic rings. The van der Waals surface area contributed by atoms with Gasteiger partial charge in [-0.15, -0.1) is 11.8 Å². The fraction of sp³-hybridized carbons (Fsp3) is 0.0769. The van der Waals surface area contributed by atoms with Crippen molar-refractivity contribution in [3.05, 3.63) is 54.6 Å². The quantitative estimate of drug-likeness (QED) is 0.661. The van der Waals surface area contributed by atoms with Crippen LogP contribution in [0.1, 0.15) is 0 Å². The highest BCUT2D eigenvalue weighted by molar-refractivity contribution is 7.98. The summed E-state index contributed by atoms with van der Waals surface area (Å²) in [6, 6.07) is 19.8. The first-order chi connectivity index (χ1) is 6.90. The zero-order valence-corrected chi connectivity index (χ0v) is 8.84. The summed E-state index contributed by atoms with van der Waals surface area (Å²) >= 11 is 1.76. The molecule has 0 unspecified atom stereocenters. The van der Waals surface area contributed by atoms with Crippen LogP contribution < -0.4 is 0 Å². The molecule has 0 heterocycles. The van der Waals surface area contributed by atoms with E-state index in [1.165, 1.54) is 10.5 Å². The van der Waals surface area contributed by atoms with E-state index in [-0.39, 0.29) is 0 Å². The molecule has 0 fully saturated rings. The largest absolute Gasteiger partial charge is 0.130 e. The van der Waals surface area contributed by atoms with Crippen LogP contribution in [0.3, 0.4) is 0 Å². The van der Waals surface area contributed by atoms with Crippen LogP contribution >= 0.6 is 11.8 Å². The number of rotatable bonds is 2. The molecule has 0 saturated heterocycles. The van der Waals surface area contributed by atoms with Crippen molar-refractivity contribution in [2.24, 2.45) is 0 Å². The van der Waals surface area contributed by atoms with E-state index in [4.69, 9.17) is 0 Å². The van der Waals surface area contributed by atoms with E-state index in [1.54, 1.807) is 11.8 Å². The van der Waals surface area contributed by atoms with Crippen LogP contribution in [0.15, 0.2) is 53.4 Å². The highest BCUT2D eigenvalue weighted by atomic mass is 32.2. The standard InChI is InChI=1S/C13H11S/c1-14-13-9-5-8-12(10-13)11-6-3-2-4-7-11/h2-7,9-10H,1H3. The van der Waals surface area contributed by atoms with E-state index in [9.17, 15) is 0 Å². The zero-order valence-electron chi connectivity index (χ0n) is 8.03. The van der Waals surface area contributed by atoms with E-state index in [0.29, 0.717) is 0 Å². The predicted molar refractivity (Wildman–Crippen MR) is 62.5 cm³/mol. The second-order valence-corrected chi connectivity index (χ2v) is 3.89. The summed E-state index contributed by atoms with van der Waals surface area (Å²) in [6.07, 6.45) is 2.09. The maximum atomic E-state index is 3.25. The van der Waals surface area contributed by atoms with Crippen molar-refractivity contribution >= 4 is 11.8 Å². The van der Waals surface area contributed by atoms with Gasteiger partial charge in [0.15, 0.2) is 0 Å². The summed E-state index contributed by atoms with van der Waals surface area (Å²) in [5.74, 6) is 0. The molecule has 0 saturated carbocycles. The maximum absolute atomic E-state index is 3.25. The van der Waals surface area contributed by atoms with Gasteiger partial charge in [-0.2, -0.15) is 0 Å². The summed E-state index contributed by atoms with van der Waals surface area (Å²) in [5.41, 5.74) is 2.39. The minimum absolute atomic E-state index is 1.16. The minimum atomic E-state index is 1.16. The van der Waals surface area contributed by atoms with Crippen LogP contribution in [0, 0.1) is 6.07 Å². The fourth-order valence-electron chi connectivity index (χ4n) is 1.36. The molecule has 0 aromatic heterocycles. The van der Waals surface area contributed by atoms with Crippen LogP contribution in [-0.4, -0.2) is 6.26 Å². The predicted octanol–water partition coefficient (Wildman–Crippen LogP) is 3.88. The van der Waals surface area contributed by atoms with E-state index < -0.39 is 0 Å². The fourth-order valence-corrected chi connectivity index (χ4v) is 1.80. The number of thioether (sulfide) groups is 1. The Kier molecular flexibility index (Phi) is 2.90. The zero-order chi connectivity index (χ0) is 9.80. The lowest BCUT2D eigenvalue weighted by Gasteiger charge is -2.02. The lowest BCUT2D eigenvalue weighted by molar-refractivity contribution is 1.45. The highest BCUT2D eigenvalue weighted by Crippen LogP contribution is 2.23. The van der Waals surface area contributed by atoms with Crippen LogP contribution in [0.4, 0.5) is 0 Å². The third-order valence-electron chi connectivity index (χ3n) is 2.09. The Hall–Kier alpha value is -1.21. The summed E-state index contributed by atoms with van der Waals surface area (Å²) in [7, 11) is 0. The molecule has 1 radical (unpaired) electrons. The average molecular weight is 199 g/mol. The second kappa shape index (κ2) is 4.34. The smallest absolute Gasteiger partial charge is 0.00757 e. The molecule has 0 bridgehead atoms. The second-order valence-electron chi connectivity index (χ2n) is 3.01. The summed E-state index contributed by atoms with van der Waals surface area (Å²) in [6.45, 7) is 0. The molecule has 2 aromatic carbocycles. The topological polar surface area (TPSA) is 0 Å². The molecule has 0 N–H and O–H groups in total. The van der Waals surface area contributed by atoms with Crippen molar-refractivity contribution < 1.29 is 0 Å². The van der Waals surface area contributed by atoms with Gasteiger partial charge < -0.3 is 0 Å². The molecule has 0 aliphatic heterocycles. The molecule has 2 rings (SSSR count). The normalized spacial score (nSPS) is 10.1. The maximum Gasteiger partial charge on any atom is 0.00757 e. The molecule has 69 valence electrons. The molecule has 0 atom stereocenters. The van der Waals surface area contributed by atoms with Crippen molar-refractivity contribution in [3.8, 4) is 11.1 Å². The van der Waals surface area contributed by atoms with Gasteiger partial charge >= 0.3 is 0 Å². The van der Waals surface area contributed by atoms with Gasteiger partial charge in [0.05, 0.1) is 0 Å². The molecule has 0 aliphatic carbocycles. The van der Waals surface area contributed by atoms with Crippen molar-refractivity contribution in [1.29, 1.82) is 0 Å². The first kappa shape index (κ1) is 9.35. The van der Waals surface area contributed by atoms with Gasteiger partial charge in [0.1, 0.15) is 0 Å². The number of hydrogen-bond acceptors (Lipinski definition) is 1. The van der Waals surface area contributed by atoms with E-state index in [0.717, 1.165) is 5.56 Å². The number of benzene rings is 2. The average Bonchev–Trinajstić information content (AvgIpc) is 2.30. The van der Waals surface area contributed by atoms with Crippen molar-refractivity contribution in [2.45, 2.75) is 4.90 Å². The molecule has 0 amide bonds. The number of hydrogen-bond donors (Lipinski definition) is 0. The van der Waals surface area contributed by atoms with Crippen LogP contribution in [0.25, 0.3) is 11.1 Å². The summed E-state index contributed by atoms with van der Waals surface area (Å²) in [5, 5.41) is 0. The third kappa shape index (κ3) is 1.99. The molecule has 2 aromatic rings. The highest BCUT2D eigenvalue weighted by Gasteiger charge is 1.97. The first-order valence-corrected chi connectivity index (χ1v) is 5.74. The van der Waals surface area contributed by atoms with Gasteiger partial charge in [0.2, 0.25) is 0 Å². The molecular weight excluding hydrogens is 188 g/mol. The Morgan fingerprint density at radius 2 is 1.86 bits per heavy atom. The van der Waals surface area contributed by atoms with E-state index in [1.807, 2.05) is 12.1 Å². The summed E-state index contributed by atoms with van der Waals surface area (Å²) < 4.78 is 0. The monoisotopic (exact) mass is 199 g/mol. The Bertz CT molecular complexity index is 407. The van der Waals surface area contributed by atoms with Gasteiger partial charge in [-0.05, 0) is 35.6 Å². The molecule has 14 heavy (non-hydrogen) atoms. The van der Waals surface area contributed by atoms with Crippen molar-refractivity contribution in [2.75, 3.05) is 6.26 Å². The molecule has 0 nitrogen and oxygen atoms in total. The lowest BCUT2D eigenvalue weighted by atomic mass is 10.1. The molecule has 0 spiro atoms. The van der Waals surface area contributed by atoms with Gasteiger partial charge in [-0.25, -0.2) is 0 Å². The Labute approximate surface area is 89.0 Å². The van der Waals surface area contributed by atoms with Gasteiger partial charge in [-0.3, -0.25) is 0 Å². The van der Waals surface area contributed by atoms with E-state index in [2.05, 4.69) is 48.7 Å². The van der Waals surface area contributed by atoms with E-state index >= 15 is 0 Å². The van der Waals surface area contributed by atoms with Crippen molar-refractivity contribution in [1.82, 2.24) is 0 Å². The lowest BCUT2D eigenvalue weighted by Crippen LogP contribution is -1.77.